The Morgan fingerprint density at radius 1 is 1.38 bits per heavy atom. The van der Waals surface area contributed by atoms with E-state index in [1.54, 1.807) is 32.0 Å². The van der Waals surface area contributed by atoms with E-state index in [1.165, 1.54) is 6.07 Å². The van der Waals surface area contributed by atoms with Crippen molar-refractivity contribution < 1.29 is 13.9 Å². The van der Waals surface area contributed by atoms with Crippen LogP contribution in [0.25, 0.3) is 11.4 Å². The van der Waals surface area contributed by atoms with Crippen molar-refractivity contribution in [2.75, 3.05) is 12.5 Å². The summed E-state index contributed by atoms with van der Waals surface area (Å²) in [5.74, 6) is -0.631. The zero-order valence-corrected chi connectivity index (χ0v) is 14.8. The molecule has 0 fully saturated rings. The monoisotopic (exact) mass is 353 g/mol. The Balaban J connectivity index is 2.47. The smallest absolute Gasteiger partial charge is 0.336 e. The van der Waals surface area contributed by atoms with Gasteiger partial charge in [0.25, 0.3) is 5.91 Å². The second-order valence-electron chi connectivity index (χ2n) is 6.13. The predicted molar refractivity (Wildman–Crippen MR) is 90.9 cm³/mol. The van der Waals surface area contributed by atoms with E-state index in [0.717, 1.165) is 17.5 Å². The third kappa shape index (κ3) is 3.93. The number of halogens is 2. The Labute approximate surface area is 145 Å². The Morgan fingerprint density at radius 2 is 2.08 bits per heavy atom. The number of benzene rings is 1. The van der Waals surface area contributed by atoms with Crippen molar-refractivity contribution >= 4 is 17.5 Å². The molecule has 0 spiro atoms. The minimum Gasteiger partial charge on any atom is -0.462 e. The van der Waals surface area contributed by atoms with E-state index >= 15 is 0 Å². The molecule has 0 bridgehead atoms. The van der Waals surface area contributed by atoms with Crippen LogP contribution in [0.5, 0.6) is 6.01 Å². The maximum absolute atomic E-state index is 14.2. The lowest BCUT2D eigenvalue weighted by Gasteiger charge is -2.19. The molecule has 0 amide bonds. The van der Waals surface area contributed by atoms with Crippen molar-refractivity contribution in [1.29, 1.82) is 0 Å². The Bertz CT molecular complexity index is 716. The van der Waals surface area contributed by atoms with Gasteiger partial charge < -0.3 is 4.74 Å². The Kier molecular flexibility index (Phi) is 5.94. The molecule has 0 aliphatic rings. The lowest BCUT2D eigenvalue weighted by atomic mass is 9.95. The summed E-state index contributed by atoms with van der Waals surface area (Å²) in [6, 6.07) is 6.16. The molecule has 0 atom stereocenters. The molecule has 0 radical (unpaired) electrons. The first-order valence-corrected chi connectivity index (χ1v) is 8.39. The van der Waals surface area contributed by atoms with Gasteiger partial charge in [0.2, 0.25) is 0 Å². The average molecular weight is 354 g/mol. The maximum atomic E-state index is 14.2. The second-order valence-corrected chi connectivity index (χ2v) is 6.40. The van der Waals surface area contributed by atoms with Crippen molar-refractivity contribution in [2.24, 2.45) is 5.41 Å². The van der Waals surface area contributed by atoms with Crippen LogP contribution in [-0.4, -0.2) is 33.2 Å². The molecule has 7 heteroatoms. The van der Waals surface area contributed by atoms with Crippen LogP contribution in [0.15, 0.2) is 24.3 Å². The number of rotatable bonds is 7. The summed E-state index contributed by atoms with van der Waals surface area (Å²) in [4.78, 5) is 17.0. The number of carbonyl (C=O) groups excluding carboxylic acids is 1. The molecule has 0 saturated heterocycles. The Morgan fingerprint density at radius 3 is 2.71 bits per heavy atom. The SMILES string of the molecule is CCCCOc1nc(-c2ccccc2F)n(C(=O)C(C)(C)CCl)n1. The first-order chi connectivity index (χ1) is 11.4. The van der Waals surface area contributed by atoms with Gasteiger partial charge in [0.15, 0.2) is 5.82 Å². The average Bonchev–Trinajstić information content (AvgIpc) is 2.98. The highest BCUT2D eigenvalue weighted by molar-refractivity contribution is 6.20. The van der Waals surface area contributed by atoms with Crippen molar-refractivity contribution in [2.45, 2.75) is 33.6 Å². The number of hydrogen-bond acceptors (Lipinski definition) is 4. The highest BCUT2D eigenvalue weighted by Gasteiger charge is 2.32. The standard InChI is InChI=1S/C17H21ClFN3O2/c1-4-5-10-24-16-20-14(12-8-6-7-9-13(12)19)22(21-16)15(23)17(2,3)11-18/h6-9H,4-5,10-11H2,1-3H3. The molecule has 0 saturated carbocycles. The second kappa shape index (κ2) is 7.75. The van der Waals surface area contributed by atoms with Crippen LogP contribution < -0.4 is 4.74 Å². The summed E-state index contributed by atoms with van der Waals surface area (Å²) in [5, 5.41) is 4.12. The van der Waals surface area contributed by atoms with E-state index in [2.05, 4.69) is 10.1 Å². The fraction of sp³-hybridized carbons (Fsp3) is 0.471. The maximum Gasteiger partial charge on any atom is 0.336 e. The lowest BCUT2D eigenvalue weighted by Crippen LogP contribution is -2.32. The van der Waals surface area contributed by atoms with Crippen molar-refractivity contribution in [1.82, 2.24) is 14.8 Å². The summed E-state index contributed by atoms with van der Waals surface area (Å²) in [6.07, 6.45) is 1.80. The highest BCUT2D eigenvalue weighted by Crippen LogP contribution is 2.27. The zero-order valence-electron chi connectivity index (χ0n) is 14.1. The van der Waals surface area contributed by atoms with E-state index in [9.17, 15) is 9.18 Å². The van der Waals surface area contributed by atoms with Crippen LogP contribution in [0.1, 0.15) is 38.4 Å². The third-order valence-corrected chi connectivity index (χ3v) is 4.21. The predicted octanol–water partition coefficient (Wildman–Crippen LogP) is 4.17. The summed E-state index contributed by atoms with van der Waals surface area (Å²) in [5.41, 5.74) is -0.676. The van der Waals surface area contributed by atoms with Crippen LogP contribution in [0, 0.1) is 11.2 Å². The fourth-order valence-corrected chi connectivity index (χ4v) is 2.08. The van der Waals surface area contributed by atoms with Gasteiger partial charge in [-0.3, -0.25) is 4.79 Å². The molecular formula is C17H21ClFN3O2. The minimum atomic E-state index is -0.865. The topological polar surface area (TPSA) is 57.0 Å². The molecule has 0 aliphatic carbocycles. The molecule has 0 aliphatic heterocycles. The van der Waals surface area contributed by atoms with Crippen molar-refractivity contribution in [3.8, 4) is 17.4 Å². The zero-order chi connectivity index (χ0) is 17.7. The van der Waals surface area contributed by atoms with Crippen LogP contribution in [0.2, 0.25) is 0 Å². The number of alkyl halides is 1. The molecule has 2 aromatic rings. The van der Waals surface area contributed by atoms with Crippen LogP contribution in [0.3, 0.4) is 0 Å². The largest absolute Gasteiger partial charge is 0.462 e. The fourth-order valence-electron chi connectivity index (χ4n) is 1.96. The number of hydrogen-bond donors (Lipinski definition) is 0. The van der Waals surface area contributed by atoms with Crippen molar-refractivity contribution in [3.63, 3.8) is 0 Å². The molecule has 1 aromatic carbocycles. The van der Waals surface area contributed by atoms with Gasteiger partial charge in [-0.25, -0.2) is 4.39 Å². The van der Waals surface area contributed by atoms with Gasteiger partial charge in [-0.1, -0.05) is 25.5 Å². The van der Waals surface area contributed by atoms with E-state index < -0.39 is 11.2 Å². The molecule has 1 aromatic heterocycles. The van der Waals surface area contributed by atoms with Gasteiger partial charge in [-0.15, -0.1) is 16.7 Å². The highest BCUT2D eigenvalue weighted by atomic mass is 35.5. The molecule has 1 heterocycles. The Hall–Kier alpha value is -1.95. The van der Waals surface area contributed by atoms with Crippen molar-refractivity contribution in [3.05, 3.63) is 30.1 Å². The summed E-state index contributed by atoms with van der Waals surface area (Å²) < 4.78 is 20.7. The van der Waals surface area contributed by atoms with Gasteiger partial charge in [0.05, 0.1) is 17.6 Å². The van der Waals surface area contributed by atoms with Gasteiger partial charge in [-0.05, 0) is 32.4 Å². The van der Waals surface area contributed by atoms with Crippen LogP contribution in [0.4, 0.5) is 4.39 Å². The van der Waals surface area contributed by atoms with Gasteiger partial charge in [0.1, 0.15) is 5.82 Å². The lowest BCUT2D eigenvalue weighted by molar-refractivity contribution is 0.0752. The molecule has 130 valence electrons. The number of ether oxygens (including phenoxy) is 1. The summed E-state index contributed by atoms with van der Waals surface area (Å²) >= 11 is 5.89. The molecular weight excluding hydrogens is 333 g/mol. The van der Waals surface area contributed by atoms with Gasteiger partial charge in [0, 0.05) is 5.88 Å². The molecule has 0 N–H and O–H groups in total. The van der Waals surface area contributed by atoms with Crippen LogP contribution >= 0.6 is 11.6 Å². The number of aromatic nitrogens is 3. The third-order valence-electron chi connectivity index (χ3n) is 3.54. The van der Waals surface area contributed by atoms with E-state index in [1.807, 2.05) is 6.92 Å². The number of carbonyl (C=O) groups is 1. The normalized spacial score (nSPS) is 11.5. The summed E-state index contributed by atoms with van der Waals surface area (Å²) in [6.45, 7) is 5.87. The quantitative estimate of drug-likeness (QED) is 0.553. The summed E-state index contributed by atoms with van der Waals surface area (Å²) in [7, 11) is 0. The first-order valence-electron chi connectivity index (χ1n) is 7.86. The molecule has 24 heavy (non-hydrogen) atoms. The van der Waals surface area contributed by atoms with Gasteiger partial charge in [-0.2, -0.15) is 9.67 Å². The number of nitrogens with zero attached hydrogens (tertiary/aromatic N) is 3. The molecule has 2 rings (SSSR count). The van der Waals surface area contributed by atoms with E-state index in [4.69, 9.17) is 16.3 Å². The minimum absolute atomic E-state index is 0.0559. The number of unbranched alkanes of at least 4 members (excludes halogenated alkanes) is 1. The van der Waals surface area contributed by atoms with E-state index in [0.29, 0.717) is 6.61 Å². The van der Waals surface area contributed by atoms with Crippen LogP contribution in [-0.2, 0) is 0 Å². The van der Waals surface area contributed by atoms with Gasteiger partial charge >= 0.3 is 6.01 Å². The van der Waals surface area contributed by atoms with E-state index in [-0.39, 0.29) is 29.2 Å². The molecule has 5 nitrogen and oxygen atoms in total. The first kappa shape index (κ1) is 18.4. The molecule has 0 unspecified atom stereocenters.